The van der Waals surface area contributed by atoms with Gasteiger partial charge in [0.1, 0.15) is 54.4 Å². The molecule has 0 aliphatic carbocycles. The first-order chi connectivity index (χ1) is 42.9. The Bertz CT molecular complexity index is 3240. The van der Waals surface area contributed by atoms with E-state index in [4.69, 9.17) is 16.6 Å². The highest BCUT2D eigenvalue weighted by molar-refractivity contribution is 6.00. The van der Waals surface area contributed by atoms with Gasteiger partial charge in [-0.15, -0.1) is 0 Å². The maximum absolute atomic E-state index is 14.9. The highest BCUT2D eigenvalue weighted by atomic mass is 16.4. The quantitative estimate of drug-likeness (QED) is 0.0190. The molecule has 33 nitrogen and oxygen atoms in total. The molecule has 0 radical (unpaired) electrons. The van der Waals surface area contributed by atoms with Gasteiger partial charge in [0.25, 0.3) is 0 Å². The topological polar surface area (TPSA) is 555 Å². The Morgan fingerprint density at radius 2 is 0.758 bits per heavy atom. The Kier molecular flexibility index (Phi) is 28.9. The molecule has 33 heteroatoms. The number of nitrogens with one attached hydrogen (secondary N) is 11. The van der Waals surface area contributed by atoms with Gasteiger partial charge in [-0.25, -0.2) is 4.79 Å². The third kappa shape index (κ3) is 23.1. The van der Waals surface area contributed by atoms with Crippen molar-refractivity contribution < 1.29 is 98.1 Å². The molecule has 0 fully saturated rings. The number of aliphatic hydroxyl groups is 3. The maximum Gasteiger partial charge on any atom is 0.326 e. The van der Waals surface area contributed by atoms with Crippen LogP contribution in [0.4, 0.5) is 0 Å². The van der Waals surface area contributed by atoms with Gasteiger partial charge in [0.15, 0.2) is 0 Å². The molecule has 13 atom stereocenters. The van der Waals surface area contributed by atoms with Gasteiger partial charge in [-0.05, 0) is 89.6 Å². The number of fused-ring (bicyclic) bond motifs is 2. The minimum absolute atomic E-state index is 0.170. The van der Waals surface area contributed by atoms with E-state index < -0.39 is 194 Å². The third-order valence-electron chi connectivity index (χ3n) is 14.5. The number of nitrogens with two attached hydrogens (primary N) is 2. The number of aromatic nitrogens is 2. The molecular formula is C58H81N13O20. The van der Waals surface area contributed by atoms with Crippen LogP contribution in [0.15, 0.2) is 60.9 Å². The van der Waals surface area contributed by atoms with Crippen molar-refractivity contribution in [1.82, 2.24) is 57.8 Å². The smallest absolute Gasteiger partial charge is 0.326 e. The average Bonchev–Trinajstić information content (AvgIpc) is 1.81. The van der Waals surface area contributed by atoms with E-state index in [1.807, 2.05) is 0 Å². The van der Waals surface area contributed by atoms with Crippen molar-refractivity contribution in [3.8, 4) is 0 Å². The number of hydrogen-bond donors (Lipinski definition) is 20. The summed E-state index contributed by atoms with van der Waals surface area (Å²) in [6.45, 7) is 4.69. The number of aliphatic carboxylic acids is 4. The van der Waals surface area contributed by atoms with Gasteiger partial charge in [-0.2, -0.15) is 0 Å². The van der Waals surface area contributed by atoms with E-state index in [1.165, 1.54) is 12.4 Å². The number of carboxylic acid groups (broad SMARTS) is 4. The summed E-state index contributed by atoms with van der Waals surface area (Å²) in [5, 5.41) is 92.3. The first-order valence-electron chi connectivity index (χ1n) is 29.1. The Morgan fingerprint density at radius 3 is 1.15 bits per heavy atom. The molecule has 4 rings (SSSR count). The first kappa shape index (κ1) is 73.9. The number of H-pyrrole nitrogens is 2. The Balaban J connectivity index is 1.62. The van der Waals surface area contributed by atoms with E-state index in [2.05, 4.69) is 57.8 Å². The molecule has 2 aromatic carbocycles. The number of amides is 9. The van der Waals surface area contributed by atoms with E-state index in [-0.39, 0.29) is 19.3 Å². The summed E-state index contributed by atoms with van der Waals surface area (Å²) in [4.78, 5) is 178. The molecule has 9 amide bonds. The van der Waals surface area contributed by atoms with E-state index >= 15 is 0 Å². The zero-order valence-electron chi connectivity index (χ0n) is 50.4. The van der Waals surface area contributed by atoms with E-state index in [9.17, 15) is 93.0 Å². The molecule has 22 N–H and O–H groups in total. The van der Waals surface area contributed by atoms with Crippen LogP contribution < -0.4 is 59.3 Å². The Labute approximate surface area is 520 Å². The molecule has 91 heavy (non-hydrogen) atoms. The predicted octanol–water partition coefficient (Wildman–Crippen LogP) is -3.90. The number of rotatable bonds is 39. The lowest BCUT2D eigenvalue weighted by molar-refractivity contribution is -0.144. The van der Waals surface area contributed by atoms with Gasteiger partial charge in [-0.3, -0.25) is 57.5 Å². The van der Waals surface area contributed by atoms with Crippen LogP contribution in [0.1, 0.15) is 96.6 Å². The summed E-state index contributed by atoms with van der Waals surface area (Å²) in [5.41, 5.74) is 13.5. The zero-order valence-corrected chi connectivity index (χ0v) is 50.4. The molecule has 0 saturated heterocycles. The van der Waals surface area contributed by atoms with Gasteiger partial charge in [-0.1, -0.05) is 42.8 Å². The Morgan fingerprint density at radius 1 is 0.418 bits per heavy atom. The van der Waals surface area contributed by atoms with Gasteiger partial charge >= 0.3 is 23.9 Å². The number of carbonyl (C=O) groups is 13. The molecule has 0 bridgehead atoms. The summed E-state index contributed by atoms with van der Waals surface area (Å²) in [5.74, 6) is -16.0. The number of aromatic amines is 2. The summed E-state index contributed by atoms with van der Waals surface area (Å²) < 4.78 is 0. The van der Waals surface area contributed by atoms with Crippen molar-refractivity contribution in [1.29, 1.82) is 0 Å². The van der Waals surface area contributed by atoms with Crippen LogP contribution in [-0.4, -0.2) is 208 Å². The molecule has 0 aliphatic rings. The van der Waals surface area contributed by atoms with Crippen LogP contribution in [-0.2, 0) is 75.2 Å². The van der Waals surface area contributed by atoms with Crippen LogP contribution in [0.5, 0.6) is 0 Å². The number of carboxylic acids is 4. The number of benzene rings is 2. The van der Waals surface area contributed by atoms with Crippen LogP contribution >= 0.6 is 0 Å². The second-order valence-electron chi connectivity index (χ2n) is 21.9. The van der Waals surface area contributed by atoms with Crippen molar-refractivity contribution in [2.45, 2.75) is 177 Å². The van der Waals surface area contributed by atoms with Crippen molar-refractivity contribution in [3.05, 3.63) is 72.1 Å². The van der Waals surface area contributed by atoms with Gasteiger partial charge in [0.05, 0.1) is 24.4 Å². The minimum Gasteiger partial charge on any atom is -0.481 e. The molecule has 2 aromatic heterocycles. The highest BCUT2D eigenvalue weighted by Crippen LogP contribution is 2.22. The van der Waals surface area contributed by atoms with Crippen molar-refractivity contribution in [2.24, 2.45) is 11.5 Å². The van der Waals surface area contributed by atoms with E-state index in [0.29, 0.717) is 52.3 Å². The number of para-hydroxylation sites is 2. The fourth-order valence-electron chi connectivity index (χ4n) is 9.41. The average molecular weight is 1280 g/mol. The lowest BCUT2D eigenvalue weighted by Gasteiger charge is -2.29. The SMILES string of the molecule is C[C@H](NC(=O)[C@@H](NC(=O)[C@H](CCC(=O)O)NC(=O)[C@@H](N)CCCCN)[C@@H](C)O)C(=O)N[C@@H](CCC(=O)O)C(=O)N[C@H](C(=O)N[C@@H](Cc1c[nH]c2ccccc12)C(=O)N[C@@H](Cc1c[nH]c2ccccc12)C(=O)N[C@H](C(=O)N[C@@H](CCC(=O)O)C(=O)O)[C@@H](C)O)[C@@H](C)O. The highest BCUT2D eigenvalue weighted by Gasteiger charge is 2.38. The van der Waals surface area contributed by atoms with Crippen molar-refractivity contribution in [3.63, 3.8) is 0 Å². The minimum atomic E-state index is -2.00. The van der Waals surface area contributed by atoms with E-state index in [0.717, 1.165) is 27.7 Å². The second kappa shape index (κ2) is 35.6. The summed E-state index contributed by atoms with van der Waals surface area (Å²) in [6.07, 6.45) is -5.45. The number of aliphatic hydroxyl groups excluding tert-OH is 3. The van der Waals surface area contributed by atoms with Crippen molar-refractivity contribution >= 4 is 98.8 Å². The van der Waals surface area contributed by atoms with Gasteiger partial charge in [0.2, 0.25) is 53.2 Å². The molecule has 498 valence electrons. The molecule has 0 aliphatic heterocycles. The number of carbonyl (C=O) groups excluding carboxylic acids is 9. The summed E-state index contributed by atoms with van der Waals surface area (Å²) in [6, 6.07) is -3.42. The normalized spacial score (nSPS) is 15.6. The Hall–Kier alpha value is -9.57. The third-order valence-corrected chi connectivity index (χ3v) is 14.5. The molecule has 4 aromatic rings. The number of hydrogen-bond acceptors (Lipinski definition) is 18. The van der Waals surface area contributed by atoms with Gasteiger partial charge < -0.3 is 105 Å². The lowest BCUT2D eigenvalue weighted by Crippen LogP contribution is -2.63. The van der Waals surface area contributed by atoms with Crippen LogP contribution in [0.3, 0.4) is 0 Å². The van der Waals surface area contributed by atoms with Crippen molar-refractivity contribution in [2.75, 3.05) is 6.54 Å². The van der Waals surface area contributed by atoms with Crippen LogP contribution in [0.2, 0.25) is 0 Å². The number of unbranched alkanes of at least 4 members (excludes halogenated alkanes) is 1. The molecular weight excluding hydrogens is 1200 g/mol. The maximum atomic E-state index is 14.9. The molecule has 0 unspecified atom stereocenters. The molecule has 0 saturated carbocycles. The fraction of sp³-hybridized carbons (Fsp3) is 0.500. The monoisotopic (exact) mass is 1280 g/mol. The zero-order chi connectivity index (χ0) is 67.8. The van der Waals surface area contributed by atoms with Crippen LogP contribution in [0.25, 0.3) is 21.8 Å². The molecule has 2 heterocycles. The van der Waals surface area contributed by atoms with Crippen LogP contribution in [0, 0.1) is 0 Å². The van der Waals surface area contributed by atoms with E-state index in [1.54, 1.807) is 48.5 Å². The first-order valence-corrected chi connectivity index (χ1v) is 29.1. The fourth-order valence-corrected chi connectivity index (χ4v) is 9.41. The second-order valence-corrected chi connectivity index (χ2v) is 21.9. The summed E-state index contributed by atoms with van der Waals surface area (Å²) in [7, 11) is 0. The lowest BCUT2D eigenvalue weighted by atomic mass is 10.0. The predicted molar refractivity (Wildman–Crippen MR) is 321 cm³/mol. The largest absolute Gasteiger partial charge is 0.481 e. The molecule has 0 spiro atoms. The summed E-state index contributed by atoms with van der Waals surface area (Å²) >= 11 is 0. The van der Waals surface area contributed by atoms with Gasteiger partial charge in [0, 0.05) is 66.3 Å². The standard InChI is InChI=1S/C58H81N13O20/c1-27(63-55(87)46(28(2)72)69-52(84)39(17-20-44(77)78)65-50(82)35(60)13-9-10-22-59)49(81)64-38(16-19-43(75)76)51(83)70-48(30(4)74)57(89)68-41(23-31-25-61-36-14-7-5-11-33(31)36)53(85)67-42(24-32-26-62-37-15-8-6-12-34(32)37)54(86)71-47(29(3)73)56(88)66-40(58(90)91)18-21-45(79)80/h5-8,11-12,14-15,25-30,35,38-42,46-48,61-62,72-74H,9-10,13,16-24,59-60H2,1-4H3,(H,63,87)(H,64,81)(H,65,82)(H,66,88)(H,67,85)(H,68,89)(H,69,84)(H,70,83)(H,71,86)(H,75,76)(H,77,78)(H,79,80)(H,90,91)/t27-,28+,29+,30+,35-,38-,39-,40-,41-,42-,46-,47-,48-/m0/s1.